The Labute approximate surface area is 123 Å². The van der Waals surface area contributed by atoms with Crippen molar-refractivity contribution in [3.63, 3.8) is 0 Å². The van der Waals surface area contributed by atoms with Crippen molar-refractivity contribution in [3.05, 3.63) is 42.1 Å². The molecule has 5 nitrogen and oxygen atoms in total. The number of nitrogens with one attached hydrogen (secondary N) is 1. The van der Waals surface area contributed by atoms with Gasteiger partial charge in [0.05, 0.1) is 11.3 Å². The van der Waals surface area contributed by atoms with Crippen molar-refractivity contribution in [2.45, 2.75) is 25.4 Å². The zero-order chi connectivity index (χ0) is 14.9. The van der Waals surface area contributed by atoms with E-state index in [-0.39, 0.29) is 5.91 Å². The number of carbonyl (C=O) groups is 1. The van der Waals surface area contributed by atoms with Crippen LogP contribution >= 0.6 is 0 Å². The number of benzene rings is 1. The van der Waals surface area contributed by atoms with Gasteiger partial charge in [-0.2, -0.15) is 5.10 Å². The molecule has 1 aliphatic rings. The average Bonchev–Trinajstić information content (AvgIpc) is 2.97. The molecular weight excluding hydrogens is 266 g/mol. The number of piperidine rings is 1. The highest BCUT2D eigenvalue weighted by Gasteiger charge is 2.30. The summed E-state index contributed by atoms with van der Waals surface area (Å²) in [5, 5.41) is 17.0. The molecule has 21 heavy (non-hydrogen) atoms. The van der Waals surface area contributed by atoms with E-state index in [1.54, 1.807) is 11.0 Å². The predicted octanol–water partition coefficient (Wildman–Crippen LogP) is 2.06. The van der Waals surface area contributed by atoms with E-state index in [2.05, 4.69) is 10.2 Å². The van der Waals surface area contributed by atoms with Gasteiger partial charge in [-0.15, -0.1) is 0 Å². The molecular formula is C16H19N3O2. The Balaban J connectivity index is 1.73. The van der Waals surface area contributed by atoms with Gasteiger partial charge in [-0.25, -0.2) is 0 Å². The third-order valence-electron chi connectivity index (χ3n) is 4.01. The van der Waals surface area contributed by atoms with Crippen molar-refractivity contribution in [1.29, 1.82) is 0 Å². The van der Waals surface area contributed by atoms with E-state index in [4.69, 9.17) is 0 Å². The Kier molecular flexibility index (Phi) is 3.51. The van der Waals surface area contributed by atoms with Crippen molar-refractivity contribution in [2.75, 3.05) is 13.1 Å². The van der Waals surface area contributed by atoms with Crippen LogP contribution in [0, 0.1) is 0 Å². The summed E-state index contributed by atoms with van der Waals surface area (Å²) in [5.74, 6) is -0.0554. The van der Waals surface area contributed by atoms with Gasteiger partial charge in [-0.3, -0.25) is 9.89 Å². The van der Waals surface area contributed by atoms with Crippen molar-refractivity contribution < 1.29 is 9.90 Å². The minimum atomic E-state index is -0.653. The van der Waals surface area contributed by atoms with Crippen LogP contribution in [0.25, 0.3) is 11.3 Å². The summed E-state index contributed by atoms with van der Waals surface area (Å²) >= 11 is 0. The second-order valence-electron chi connectivity index (χ2n) is 5.82. The molecule has 0 spiro atoms. The quantitative estimate of drug-likeness (QED) is 0.887. The number of amides is 1. The molecule has 2 aromatic rings. The maximum Gasteiger partial charge on any atom is 0.271 e. The number of rotatable bonds is 2. The van der Waals surface area contributed by atoms with Gasteiger partial charge in [0, 0.05) is 18.7 Å². The number of hydrogen-bond acceptors (Lipinski definition) is 3. The molecule has 0 unspecified atom stereocenters. The number of aromatic nitrogens is 2. The molecule has 3 rings (SSSR count). The summed E-state index contributed by atoms with van der Waals surface area (Å²) in [5.41, 5.74) is 1.59. The highest BCUT2D eigenvalue weighted by Crippen LogP contribution is 2.23. The van der Waals surface area contributed by atoms with Gasteiger partial charge < -0.3 is 10.0 Å². The Morgan fingerprint density at radius 2 is 1.95 bits per heavy atom. The molecule has 0 saturated carbocycles. The topological polar surface area (TPSA) is 69.2 Å². The second kappa shape index (κ2) is 5.33. The van der Waals surface area contributed by atoms with E-state index < -0.39 is 5.60 Å². The lowest BCUT2D eigenvalue weighted by Gasteiger charge is -2.35. The lowest BCUT2D eigenvalue weighted by molar-refractivity contribution is -0.00219. The van der Waals surface area contributed by atoms with Crippen LogP contribution in [-0.2, 0) is 0 Å². The number of aliphatic hydroxyl groups is 1. The van der Waals surface area contributed by atoms with Crippen LogP contribution in [0.15, 0.2) is 36.4 Å². The molecule has 1 fully saturated rings. The Morgan fingerprint density at radius 3 is 2.62 bits per heavy atom. The number of aromatic amines is 1. The molecule has 1 amide bonds. The van der Waals surface area contributed by atoms with Crippen molar-refractivity contribution in [1.82, 2.24) is 15.1 Å². The summed E-state index contributed by atoms with van der Waals surface area (Å²) in [6.07, 6.45) is 1.22. The standard InChI is InChI=1S/C16H19N3O2/c1-16(21)7-9-19(10-8-16)15(20)14-11-13(17-18-14)12-5-3-2-4-6-12/h2-6,11,21H,7-10H2,1H3,(H,17,18). The van der Waals surface area contributed by atoms with E-state index in [0.29, 0.717) is 31.6 Å². The number of nitrogens with zero attached hydrogens (tertiary/aromatic N) is 2. The van der Waals surface area contributed by atoms with Gasteiger partial charge in [-0.1, -0.05) is 30.3 Å². The first-order chi connectivity index (χ1) is 10.1. The third-order valence-corrected chi connectivity index (χ3v) is 4.01. The molecule has 0 aliphatic carbocycles. The first-order valence-corrected chi connectivity index (χ1v) is 7.18. The molecule has 5 heteroatoms. The Bertz CT molecular complexity index is 624. The van der Waals surface area contributed by atoms with E-state index in [0.717, 1.165) is 11.3 Å². The van der Waals surface area contributed by atoms with Gasteiger partial charge >= 0.3 is 0 Å². The molecule has 1 aromatic heterocycles. The maximum absolute atomic E-state index is 12.4. The monoisotopic (exact) mass is 285 g/mol. The van der Waals surface area contributed by atoms with Crippen LogP contribution in [0.1, 0.15) is 30.3 Å². The second-order valence-corrected chi connectivity index (χ2v) is 5.82. The zero-order valence-electron chi connectivity index (χ0n) is 12.0. The maximum atomic E-state index is 12.4. The first kappa shape index (κ1) is 13.8. The van der Waals surface area contributed by atoms with Gasteiger partial charge in [-0.05, 0) is 25.8 Å². The predicted molar refractivity (Wildman–Crippen MR) is 79.8 cm³/mol. The van der Waals surface area contributed by atoms with Crippen LogP contribution in [0.5, 0.6) is 0 Å². The van der Waals surface area contributed by atoms with Gasteiger partial charge in [0.2, 0.25) is 0 Å². The van der Waals surface area contributed by atoms with E-state index in [1.807, 2.05) is 37.3 Å². The summed E-state index contributed by atoms with van der Waals surface area (Å²) < 4.78 is 0. The minimum Gasteiger partial charge on any atom is -0.390 e. The first-order valence-electron chi connectivity index (χ1n) is 7.18. The normalized spacial score (nSPS) is 17.7. The van der Waals surface area contributed by atoms with E-state index in [9.17, 15) is 9.90 Å². The van der Waals surface area contributed by atoms with Gasteiger partial charge in [0.25, 0.3) is 5.91 Å². The van der Waals surface area contributed by atoms with Crippen molar-refractivity contribution in [3.8, 4) is 11.3 Å². The highest BCUT2D eigenvalue weighted by atomic mass is 16.3. The van der Waals surface area contributed by atoms with Gasteiger partial charge in [0.1, 0.15) is 5.69 Å². The van der Waals surface area contributed by atoms with Crippen LogP contribution < -0.4 is 0 Å². The lowest BCUT2D eigenvalue weighted by Crippen LogP contribution is -2.45. The fourth-order valence-electron chi connectivity index (χ4n) is 2.55. The molecule has 0 bridgehead atoms. The fourth-order valence-corrected chi connectivity index (χ4v) is 2.55. The summed E-state index contributed by atoms with van der Waals surface area (Å²) in [7, 11) is 0. The zero-order valence-corrected chi connectivity index (χ0v) is 12.0. The molecule has 1 aromatic carbocycles. The van der Waals surface area contributed by atoms with E-state index in [1.165, 1.54) is 0 Å². The average molecular weight is 285 g/mol. The molecule has 2 N–H and O–H groups in total. The molecule has 0 radical (unpaired) electrons. The van der Waals surface area contributed by atoms with Crippen LogP contribution in [0.2, 0.25) is 0 Å². The van der Waals surface area contributed by atoms with Crippen molar-refractivity contribution >= 4 is 5.91 Å². The fraction of sp³-hybridized carbons (Fsp3) is 0.375. The summed E-state index contributed by atoms with van der Waals surface area (Å²) in [6, 6.07) is 11.5. The Hall–Kier alpha value is -2.14. The number of hydrogen-bond donors (Lipinski definition) is 2. The lowest BCUT2D eigenvalue weighted by atomic mass is 9.94. The SMILES string of the molecule is CC1(O)CCN(C(=O)c2cc(-c3ccccc3)n[nH]2)CC1. The number of carbonyl (C=O) groups excluding carboxylic acids is 1. The number of H-pyrrole nitrogens is 1. The third kappa shape index (κ3) is 2.97. The molecule has 0 atom stereocenters. The minimum absolute atomic E-state index is 0.0554. The molecule has 1 saturated heterocycles. The summed E-state index contributed by atoms with van der Waals surface area (Å²) in [4.78, 5) is 14.2. The van der Waals surface area contributed by atoms with Crippen LogP contribution in [0.3, 0.4) is 0 Å². The molecule has 1 aliphatic heterocycles. The number of likely N-dealkylation sites (tertiary alicyclic amines) is 1. The highest BCUT2D eigenvalue weighted by molar-refractivity contribution is 5.93. The smallest absolute Gasteiger partial charge is 0.271 e. The molecule has 2 heterocycles. The Morgan fingerprint density at radius 1 is 1.29 bits per heavy atom. The van der Waals surface area contributed by atoms with E-state index >= 15 is 0 Å². The van der Waals surface area contributed by atoms with Crippen molar-refractivity contribution in [2.24, 2.45) is 0 Å². The summed E-state index contributed by atoms with van der Waals surface area (Å²) in [6.45, 7) is 2.97. The van der Waals surface area contributed by atoms with Gasteiger partial charge in [0.15, 0.2) is 0 Å². The largest absolute Gasteiger partial charge is 0.390 e. The van der Waals surface area contributed by atoms with Crippen LogP contribution in [-0.4, -0.2) is 44.8 Å². The van der Waals surface area contributed by atoms with Crippen LogP contribution in [0.4, 0.5) is 0 Å². The molecule has 110 valence electrons.